The molecular formula is C22H28N4O3. The summed E-state index contributed by atoms with van der Waals surface area (Å²) in [6, 6.07) is 14.0. The van der Waals surface area contributed by atoms with Crippen molar-refractivity contribution in [2.45, 2.75) is 6.92 Å². The molecule has 1 heterocycles. The van der Waals surface area contributed by atoms with Gasteiger partial charge in [0.2, 0.25) is 0 Å². The highest BCUT2D eigenvalue weighted by molar-refractivity contribution is 5.86. The van der Waals surface area contributed by atoms with Crippen molar-refractivity contribution in [3.05, 3.63) is 53.6 Å². The number of methoxy groups -OCH3 is 2. The Morgan fingerprint density at radius 2 is 1.86 bits per heavy atom. The van der Waals surface area contributed by atoms with Crippen molar-refractivity contribution < 1.29 is 14.3 Å². The quantitative estimate of drug-likeness (QED) is 0.575. The Balaban J connectivity index is 1.48. The van der Waals surface area contributed by atoms with E-state index in [9.17, 15) is 4.79 Å². The van der Waals surface area contributed by atoms with Gasteiger partial charge in [-0.1, -0.05) is 18.2 Å². The molecule has 2 aromatic carbocycles. The number of nitrogens with zero attached hydrogens (tertiary/aromatic N) is 3. The smallest absolute Gasteiger partial charge is 0.254 e. The van der Waals surface area contributed by atoms with E-state index in [4.69, 9.17) is 9.47 Å². The second-order valence-corrected chi connectivity index (χ2v) is 6.98. The number of carbonyl (C=O) groups excluding carboxylic acids is 1. The zero-order valence-electron chi connectivity index (χ0n) is 17.2. The number of para-hydroxylation sites is 1. The van der Waals surface area contributed by atoms with Gasteiger partial charge in [0, 0.05) is 37.4 Å². The van der Waals surface area contributed by atoms with Crippen LogP contribution in [-0.2, 0) is 4.79 Å². The maximum absolute atomic E-state index is 12.2. The van der Waals surface area contributed by atoms with E-state index in [-0.39, 0.29) is 5.91 Å². The summed E-state index contributed by atoms with van der Waals surface area (Å²) in [5.41, 5.74) is 5.83. The topological polar surface area (TPSA) is 66.4 Å². The Morgan fingerprint density at radius 1 is 1.10 bits per heavy atom. The molecule has 7 nitrogen and oxygen atoms in total. The number of amides is 1. The lowest BCUT2D eigenvalue weighted by molar-refractivity contribution is -0.122. The van der Waals surface area contributed by atoms with Crippen LogP contribution in [-0.4, -0.2) is 64.0 Å². The van der Waals surface area contributed by atoms with Gasteiger partial charge in [-0.2, -0.15) is 5.10 Å². The van der Waals surface area contributed by atoms with Gasteiger partial charge < -0.3 is 14.4 Å². The Kier molecular flexibility index (Phi) is 7.08. The van der Waals surface area contributed by atoms with Crippen molar-refractivity contribution in [3.63, 3.8) is 0 Å². The van der Waals surface area contributed by atoms with Crippen LogP contribution in [0.25, 0.3) is 0 Å². The monoisotopic (exact) mass is 396 g/mol. The van der Waals surface area contributed by atoms with E-state index in [0.717, 1.165) is 31.7 Å². The number of aryl methyl sites for hydroxylation is 1. The number of ether oxygens (including phenoxy) is 2. The lowest BCUT2D eigenvalue weighted by atomic mass is 10.2. The number of nitrogens with one attached hydrogen (secondary N) is 1. The molecule has 1 fully saturated rings. The van der Waals surface area contributed by atoms with E-state index >= 15 is 0 Å². The predicted octanol–water partition coefficient (Wildman–Crippen LogP) is 2.28. The summed E-state index contributed by atoms with van der Waals surface area (Å²) in [4.78, 5) is 16.7. The van der Waals surface area contributed by atoms with E-state index in [2.05, 4.69) is 51.5 Å². The average molecular weight is 396 g/mol. The predicted molar refractivity (Wildman–Crippen MR) is 115 cm³/mol. The fourth-order valence-corrected chi connectivity index (χ4v) is 3.41. The molecule has 1 saturated heterocycles. The van der Waals surface area contributed by atoms with Crippen LogP contribution >= 0.6 is 0 Å². The van der Waals surface area contributed by atoms with E-state index in [0.29, 0.717) is 18.0 Å². The first-order valence-corrected chi connectivity index (χ1v) is 9.67. The van der Waals surface area contributed by atoms with Crippen LogP contribution in [0.3, 0.4) is 0 Å². The van der Waals surface area contributed by atoms with Crippen LogP contribution in [0.4, 0.5) is 5.69 Å². The molecule has 0 bridgehead atoms. The molecule has 1 N–H and O–H groups in total. The fraction of sp³-hybridized carbons (Fsp3) is 0.364. The third kappa shape index (κ3) is 5.48. The van der Waals surface area contributed by atoms with Gasteiger partial charge in [-0.05, 0) is 36.8 Å². The first-order chi connectivity index (χ1) is 14.1. The normalized spacial score (nSPS) is 14.8. The number of anilines is 1. The molecule has 0 spiro atoms. The molecule has 1 aliphatic heterocycles. The SMILES string of the molecule is COc1cccc(/C=N/NC(=O)CN2CCN(c3cccc(C)c3)CC2)c1OC. The van der Waals surface area contributed by atoms with Crippen LogP contribution in [0.5, 0.6) is 11.5 Å². The largest absolute Gasteiger partial charge is 0.493 e. The molecule has 2 aromatic rings. The van der Waals surface area contributed by atoms with E-state index in [1.54, 1.807) is 20.4 Å². The van der Waals surface area contributed by atoms with Crippen LogP contribution < -0.4 is 19.8 Å². The molecule has 1 amide bonds. The van der Waals surface area contributed by atoms with Crippen molar-refractivity contribution in [3.8, 4) is 11.5 Å². The zero-order valence-corrected chi connectivity index (χ0v) is 17.2. The van der Waals surface area contributed by atoms with E-state index in [1.165, 1.54) is 11.3 Å². The molecular weight excluding hydrogens is 368 g/mol. The lowest BCUT2D eigenvalue weighted by Gasteiger charge is -2.35. The molecule has 0 unspecified atom stereocenters. The Hall–Kier alpha value is -3.06. The van der Waals surface area contributed by atoms with Crippen molar-refractivity contribution in [1.29, 1.82) is 0 Å². The van der Waals surface area contributed by atoms with Crippen molar-refractivity contribution in [1.82, 2.24) is 10.3 Å². The second-order valence-electron chi connectivity index (χ2n) is 6.98. The number of hydrogen-bond donors (Lipinski definition) is 1. The molecule has 0 atom stereocenters. The molecule has 7 heteroatoms. The summed E-state index contributed by atoms with van der Waals surface area (Å²) in [5, 5.41) is 4.07. The van der Waals surface area contributed by atoms with Crippen LogP contribution in [0.2, 0.25) is 0 Å². The maximum atomic E-state index is 12.2. The van der Waals surface area contributed by atoms with Gasteiger partial charge in [0.1, 0.15) is 0 Å². The van der Waals surface area contributed by atoms with Gasteiger partial charge in [-0.3, -0.25) is 9.69 Å². The number of rotatable bonds is 7. The first kappa shape index (κ1) is 20.7. The fourth-order valence-electron chi connectivity index (χ4n) is 3.41. The summed E-state index contributed by atoms with van der Waals surface area (Å²) in [5.74, 6) is 1.07. The highest BCUT2D eigenvalue weighted by Gasteiger charge is 2.19. The maximum Gasteiger partial charge on any atom is 0.254 e. The number of benzene rings is 2. The van der Waals surface area contributed by atoms with Gasteiger partial charge >= 0.3 is 0 Å². The number of hydrogen-bond acceptors (Lipinski definition) is 6. The first-order valence-electron chi connectivity index (χ1n) is 9.67. The molecule has 29 heavy (non-hydrogen) atoms. The Labute approximate surface area is 171 Å². The Morgan fingerprint density at radius 3 is 2.55 bits per heavy atom. The van der Waals surface area contributed by atoms with Gasteiger partial charge in [-0.15, -0.1) is 0 Å². The third-order valence-electron chi connectivity index (χ3n) is 4.93. The van der Waals surface area contributed by atoms with Gasteiger partial charge in [0.05, 0.1) is 27.0 Å². The van der Waals surface area contributed by atoms with E-state index in [1.807, 2.05) is 18.2 Å². The zero-order chi connectivity index (χ0) is 20.6. The van der Waals surface area contributed by atoms with Gasteiger partial charge in [0.15, 0.2) is 11.5 Å². The number of hydrazone groups is 1. The van der Waals surface area contributed by atoms with Gasteiger partial charge in [-0.25, -0.2) is 5.43 Å². The third-order valence-corrected chi connectivity index (χ3v) is 4.93. The molecule has 0 radical (unpaired) electrons. The molecule has 0 aromatic heterocycles. The summed E-state index contributed by atoms with van der Waals surface area (Å²) in [6.45, 7) is 5.92. The second kappa shape index (κ2) is 9.93. The highest BCUT2D eigenvalue weighted by atomic mass is 16.5. The lowest BCUT2D eigenvalue weighted by Crippen LogP contribution is -2.49. The summed E-state index contributed by atoms with van der Waals surface area (Å²) in [6.07, 6.45) is 1.56. The van der Waals surface area contributed by atoms with Crippen LogP contribution in [0, 0.1) is 6.92 Å². The summed E-state index contributed by atoms with van der Waals surface area (Å²) >= 11 is 0. The van der Waals surface area contributed by atoms with Gasteiger partial charge in [0.25, 0.3) is 5.91 Å². The van der Waals surface area contributed by atoms with Crippen molar-refractivity contribution in [2.75, 3.05) is 51.8 Å². The minimum absolute atomic E-state index is 0.132. The molecule has 3 rings (SSSR count). The molecule has 0 saturated carbocycles. The van der Waals surface area contributed by atoms with E-state index < -0.39 is 0 Å². The number of piperazine rings is 1. The summed E-state index contributed by atoms with van der Waals surface area (Å²) in [7, 11) is 3.16. The summed E-state index contributed by atoms with van der Waals surface area (Å²) < 4.78 is 10.6. The number of carbonyl (C=O) groups is 1. The minimum Gasteiger partial charge on any atom is -0.493 e. The van der Waals surface area contributed by atoms with Crippen molar-refractivity contribution in [2.24, 2.45) is 5.10 Å². The standard InChI is InChI=1S/C22H28N4O3/c1-17-6-4-8-19(14-17)26-12-10-25(11-13-26)16-21(27)24-23-15-18-7-5-9-20(28-2)22(18)29-3/h4-9,14-15H,10-13,16H2,1-3H3,(H,24,27)/b23-15+. The van der Waals surface area contributed by atoms with Crippen molar-refractivity contribution >= 4 is 17.8 Å². The Bertz CT molecular complexity index is 861. The van der Waals surface area contributed by atoms with Crippen LogP contribution in [0.1, 0.15) is 11.1 Å². The minimum atomic E-state index is -0.132. The highest BCUT2D eigenvalue weighted by Crippen LogP contribution is 2.29. The molecule has 154 valence electrons. The van der Waals surface area contributed by atoms with Crippen LogP contribution in [0.15, 0.2) is 47.6 Å². The average Bonchev–Trinajstić information content (AvgIpc) is 2.74. The molecule has 1 aliphatic rings. The molecule has 0 aliphatic carbocycles.